The lowest BCUT2D eigenvalue weighted by molar-refractivity contribution is -0.157. The van der Waals surface area contributed by atoms with Crippen molar-refractivity contribution in [2.24, 2.45) is 5.41 Å². The number of amides is 1. The third-order valence-corrected chi connectivity index (χ3v) is 4.40. The maximum atomic E-state index is 11.9. The molecule has 1 aromatic rings. The first-order valence-corrected chi connectivity index (χ1v) is 7.52. The smallest absolute Gasteiger partial charge is 0.310 e. The molecule has 2 N–H and O–H groups in total. The second-order valence-corrected chi connectivity index (χ2v) is 6.29. The van der Waals surface area contributed by atoms with Crippen molar-refractivity contribution < 1.29 is 14.7 Å². The highest BCUT2D eigenvalue weighted by Crippen LogP contribution is 2.44. The lowest BCUT2D eigenvalue weighted by Crippen LogP contribution is -2.42. The minimum atomic E-state index is -0.842. The fourth-order valence-corrected chi connectivity index (χ4v) is 2.66. The minimum absolute atomic E-state index is 0.0897. The van der Waals surface area contributed by atoms with Gasteiger partial charge < -0.3 is 10.4 Å². The lowest BCUT2D eigenvalue weighted by Gasteiger charge is -2.36. The molecule has 0 bridgehead atoms. The van der Waals surface area contributed by atoms with Crippen LogP contribution in [0.5, 0.6) is 0 Å². The average molecular weight is 289 g/mol. The van der Waals surface area contributed by atoms with Gasteiger partial charge in [0.15, 0.2) is 0 Å². The number of carbonyl (C=O) groups excluding carboxylic acids is 1. The normalized spacial score (nSPS) is 16.3. The SMILES string of the molecule is CC(C)c1ccc(CNC(=O)CC2(C(=O)O)CCC2)cc1. The van der Waals surface area contributed by atoms with Gasteiger partial charge in [-0.2, -0.15) is 0 Å². The molecular weight excluding hydrogens is 266 g/mol. The van der Waals surface area contributed by atoms with E-state index >= 15 is 0 Å². The Kier molecular flexibility index (Phi) is 4.66. The van der Waals surface area contributed by atoms with E-state index in [0.717, 1.165) is 12.0 Å². The van der Waals surface area contributed by atoms with Gasteiger partial charge in [0.25, 0.3) is 0 Å². The number of carbonyl (C=O) groups is 2. The Bertz CT molecular complexity index is 515. The van der Waals surface area contributed by atoms with E-state index in [4.69, 9.17) is 0 Å². The highest BCUT2D eigenvalue weighted by molar-refractivity contribution is 5.85. The molecule has 21 heavy (non-hydrogen) atoms. The lowest BCUT2D eigenvalue weighted by atomic mass is 9.66. The molecule has 0 aromatic heterocycles. The second-order valence-electron chi connectivity index (χ2n) is 6.29. The van der Waals surface area contributed by atoms with Gasteiger partial charge in [0, 0.05) is 13.0 Å². The molecule has 0 saturated heterocycles. The molecule has 0 atom stereocenters. The van der Waals surface area contributed by atoms with Crippen LogP contribution in [0.15, 0.2) is 24.3 Å². The summed E-state index contributed by atoms with van der Waals surface area (Å²) in [5.74, 6) is -0.530. The maximum Gasteiger partial charge on any atom is 0.310 e. The zero-order chi connectivity index (χ0) is 15.5. The zero-order valence-corrected chi connectivity index (χ0v) is 12.7. The van der Waals surface area contributed by atoms with Gasteiger partial charge in [0.2, 0.25) is 5.91 Å². The molecule has 1 aliphatic rings. The van der Waals surface area contributed by atoms with E-state index in [1.165, 1.54) is 5.56 Å². The van der Waals surface area contributed by atoms with E-state index in [0.29, 0.717) is 25.3 Å². The summed E-state index contributed by atoms with van der Waals surface area (Å²) in [7, 11) is 0. The summed E-state index contributed by atoms with van der Waals surface area (Å²) in [5, 5.41) is 12.0. The minimum Gasteiger partial charge on any atom is -0.481 e. The van der Waals surface area contributed by atoms with Gasteiger partial charge >= 0.3 is 5.97 Å². The van der Waals surface area contributed by atoms with Gasteiger partial charge in [-0.25, -0.2) is 0 Å². The zero-order valence-electron chi connectivity index (χ0n) is 12.7. The van der Waals surface area contributed by atoms with Crippen molar-refractivity contribution in [1.29, 1.82) is 0 Å². The summed E-state index contributed by atoms with van der Waals surface area (Å²) in [6.45, 7) is 4.73. The first-order chi connectivity index (χ1) is 9.93. The van der Waals surface area contributed by atoms with Crippen LogP contribution in [-0.2, 0) is 16.1 Å². The predicted molar refractivity (Wildman–Crippen MR) is 80.9 cm³/mol. The molecule has 0 heterocycles. The quantitative estimate of drug-likeness (QED) is 0.845. The molecular formula is C17H23NO3. The number of aliphatic carboxylic acids is 1. The van der Waals surface area contributed by atoms with Gasteiger partial charge in [0.05, 0.1) is 5.41 Å². The van der Waals surface area contributed by atoms with Gasteiger partial charge in [-0.05, 0) is 29.9 Å². The number of carboxylic acid groups (broad SMARTS) is 1. The summed E-state index contributed by atoms with van der Waals surface area (Å²) in [4.78, 5) is 23.2. The predicted octanol–water partition coefficient (Wildman–Crippen LogP) is 3.07. The highest BCUT2D eigenvalue weighted by atomic mass is 16.4. The van der Waals surface area contributed by atoms with Gasteiger partial charge in [0.1, 0.15) is 0 Å². The molecule has 4 nitrogen and oxygen atoms in total. The molecule has 4 heteroatoms. The Morgan fingerprint density at radius 3 is 2.29 bits per heavy atom. The molecule has 1 amide bonds. The Balaban J connectivity index is 1.85. The Morgan fingerprint density at radius 2 is 1.86 bits per heavy atom. The van der Waals surface area contributed by atoms with E-state index in [-0.39, 0.29) is 12.3 Å². The van der Waals surface area contributed by atoms with Crippen LogP contribution >= 0.6 is 0 Å². The molecule has 0 aliphatic heterocycles. The number of carboxylic acids is 1. The van der Waals surface area contributed by atoms with Crippen LogP contribution in [0.1, 0.15) is 56.6 Å². The molecule has 0 radical (unpaired) electrons. The first-order valence-electron chi connectivity index (χ1n) is 7.52. The fraction of sp³-hybridized carbons (Fsp3) is 0.529. The van der Waals surface area contributed by atoms with Crippen LogP contribution in [0.3, 0.4) is 0 Å². The summed E-state index contributed by atoms with van der Waals surface area (Å²) < 4.78 is 0. The highest BCUT2D eigenvalue weighted by Gasteiger charge is 2.45. The largest absolute Gasteiger partial charge is 0.481 e. The van der Waals surface area contributed by atoms with Crippen molar-refractivity contribution in [1.82, 2.24) is 5.32 Å². The van der Waals surface area contributed by atoms with Gasteiger partial charge in [-0.15, -0.1) is 0 Å². The average Bonchev–Trinajstić information content (AvgIpc) is 2.40. The van der Waals surface area contributed by atoms with Crippen LogP contribution < -0.4 is 5.32 Å². The van der Waals surface area contributed by atoms with Crippen LogP contribution in [0.25, 0.3) is 0 Å². The summed E-state index contributed by atoms with van der Waals surface area (Å²) in [6.07, 6.45) is 2.21. The molecule has 1 saturated carbocycles. The molecule has 1 fully saturated rings. The fourth-order valence-electron chi connectivity index (χ4n) is 2.66. The van der Waals surface area contributed by atoms with E-state index in [1.807, 2.05) is 12.1 Å². The van der Waals surface area contributed by atoms with Gasteiger partial charge in [-0.3, -0.25) is 9.59 Å². The summed E-state index contributed by atoms with van der Waals surface area (Å²) >= 11 is 0. The molecule has 114 valence electrons. The van der Waals surface area contributed by atoms with Crippen LogP contribution in [0, 0.1) is 5.41 Å². The number of rotatable bonds is 6. The van der Waals surface area contributed by atoms with Crippen LogP contribution in [-0.4, -0.2) is 17.0 Å². The van der Waals surface area contributed by atoms with E-state index in [9.17, 15) is 14.7 Å². The van der Waals surface area contributed by atoms with Gasteiger partial charge in [-0.1, -0.05) is 44.5 Å². The van der Waals surface area contributed by atoms with Crippen molar-refractivity contribution in [3.63, 3.8) is 0 Å². The second kappa shape index (κ2) is 6.29. The van der Waals surface area contributed by atoms with Crippen LogP contribution in [0.2, 0.25) is 0 Å². The third-order valence-electron chi connectivity index (χ3n) is 4.40. The van der Waals surface area contributed by atoms with Crippen LogP contribution in [0.4, 0.5) is 0 Å². The number of nitrogens with one attached hydrogen (secondary N) is 1. The molecule has 2 rings (SSSR count). The standard InChI is InChI=1S/C17H23NO3/c1-12(2)14-6-4-13(5-7-14)11-18-15(19)10-17(16(20)21)8-3-9-17/h4-7,12H,3,8-11H2,1-2H3,(H,18,19)(H,20,21). The molecule has 0 unspecified atom stereocenters. The van der Waals surface area contributed by atoms with Crippen molar-refractivity contribution in [3.8, 4) is 0 Å². The third kappa shape index (κ3) is 3.63. The number of hydrogen-bond donors (Lipinski definition) is 2. The Morgan fingerprint density at radius 1 is 1.24 bits per heavy atom. The Labute approximate surface area is 125 Å². The van der Waals surface area contributed by atoms with Crippen molar-refractivity contribution in [3.05, 3.63) is 35.4 Å². The summed E-state index contributed by atoms with van der Waals surface area (Å²) in [6, 6.07) is 8.14. The van der Waals surface area contributed by atoms with E-state index < -0.39 is 11.4 Å². The molecule has 0 spiro atoms. The molecule has 1 aromatic carbocycles. The summed E-state index contributed by atoms with van der Waals surface area (Å²) in [5.41, 5.74) is 1.49. The maximum absolute atomic E-state index is 11.9. The Hall–Kier alpha value is -1.84. The van der Waals surface area contributed by atoms with Crippen molar-refractivity contribution in [2.75, 3.05) is 0 Å². The number of hydrogen-bond acceptors (Lipinski definition) is 2. The topological polar surface area (TPSA) is 66.4 Å². The van der Waals surface area contributed by atoms with Crippen molar-refractivity contribution in [2.45, 2.75) is 52.0 Å². The monoisotopic (exact) mass is 289 g/mol. The van der Waals surface area contributed by atoms with E-state index in [2.05, 4.69) is 31.3 Å². The number of benzene rings is 1. The van der Waals surface area contributed by atoms with E-state index in [1.54, 1.807) is 0 Å². The molecule has 1 aliphatic carbocycles. The van der Waals surface area contributed by atoms with Crippen molar-refractivity contribution >= 4 is 11.9 Å². The first kappa shape index (κ1) is 15.5.